The number of carbonyl (C=O) groups excluding carboxylic acids is 1. The third-order valence-corrected chi connectivity index (χ3v) is 2.83. The molecule has 3 heteroatoms. The summed E-state index contributed by atoms with van der Waals surface area (Å²) in [5.41, 5.74) is 0.200. The fourth-order valence-corrected chi connectivity index (χ4v) is 1.48. The summed E-state index contributed by atoms with van der Waals surface area (Å²) >= 11 is 0. The Bertz CT molecular complexity index is 187. The Morgan fingerprint density at radius 1 is 1.23 bits per heavy atom. The van der Waals surface area contributed by atoms with E-state index in [0.29, 0.717) is 6.54 Å². The maximum Gasteiger partial charge on any atom is 0.106 e. The third kappa shape index (κ3) is 3.19. The summed E-state index contributed by atoms with van der Waals surface area (Å²) in [5.74, 6) is -1.13. The third-order valence-electron chi connectivity index (χ3n) is 2.83. The molecule has 0 aromatic rings. The second-order valence-electron chi connectivity index (χ2n) is 3.34. The molecular weight excluding hydrogens is 166 g/mol. The SMILES string of the molecule is C=C(C[N+](CC)(CC)CC)C(=O)[O-]. The van der Waals surface area contributed by atoms with E-state index in [1.807, 2.05) is 0 Å². The normalized spacial score (nSPS) is 11.3. The number of carboxylic acids is 1. The van der Waals surface area contributed by atoms with Crippen molar-refractivity contribution in [1.82, 2.24) is 0 Å². The van der Waals surface area contributed by atoms with Crippen LogP contribution in [-0.2, 0) is 4.79 Å². The molecule has 0 N–H and O–H groups in total. The van der Waals surface area contributed by atoms with Gasteiger partial charge in [0, 0.05) is 5.57 Å². The van der Waals surface area contributed by atoms with Gasteiger partial charge in [-0.3, -0.25) is 0 Å². The first-order chi connectivity index (χ1) is 6.01. The summed E-state index contributed by atoms with van der Waals surface area (Å²) in [5, 5.41) is 10.5. The molecule has 0 saturated carbocycles. The molecule has 0 atom stereocenters. The number of nitrogens with zero attached hydrogens (tertiary/aromatic N) is 1. The molecule has 3 nitrogen and oxygen atoms in total. The lowest BCUT2D eigenvalue weighted by Crippen LogP contribution is -2.50. The van der Waals surface area contributed by atoms with Gasteiger partial charge in [0.1, 0.15) is 6.54 Å². The molecule has 0 aliphatic rings. The molecule has 0 aromatic carbocycles. The van der Waals surface area contributed by atoms with Crippen LogP contribution in [-0.4, -0.2) is 36.6 Å². The Hall–Kier alpha value is -0.830. The topological polar surface area (TPSA) is 40.1 Å². The maximum absolute atomic E-state index is 10.5. The lowest BCUT2D eigenvalue weighted by atomic mass is 10.2. The Balaban J connectivity index is 4.42. The second kappa shape index (κ2) is 5.02. The summed E-state index contributed by atoms with van der Waals surface area (Å²) in [6.07, 6.45) is 0. The van der Waals surface area contributed by atoms with Crippen LogP contribution in [0.15, 0.2) is 12.2 Å². The summed E-state index contributed by atoms with van der Waals surface area (Å²) in [6.45, 7) is 13.0. The summed E-state index contributed by atoms with van der Waals surface area (Å²) < 4.78 is 0.771. The predicted molar refractivity (Wildman–Crippen MR) is 50.9 cm³/mol. The lowest BCUT2D eigenvalue weighted by molar-refractivity contribution is -0.918. The Labute approximate surface area is 80.3 Å². The average molecular weight is 185 g/mol. The highest BCUT2D eigenvalue weighted by Gasteiger charge is 2.21. The molecule has 0 radical (unpaired) electrons. The first-order valence-electron chi connectivity index (χ1n) is 4.75. The van der Waals surface area contributed by atoms with Gasteiger partial charge < -0.3 is 14.4 Å². The van der Waals surface area contributed by atoms with Gasteiger partial charge in [0.2, 0.25) is 0 Å². The number of hydrogen-bond acceptors (Lipinski definition) is 2. The molecular formula is C10H19NO2. The van der Waals surface area contributed by atoms with E-state index >= 15 is 0 Å². The van der Waals surface area contributed by atoms with Gasteiger partial charge in [-0.25, -0.2) is 0 Å². The van der Waals surface area contributed by atoms with Crippen LogP contribution in [0.3, 0.4) is 0 Å². The molecule has 0 aliphatic heterocycles. The smallest absolute Gasteiger partial charge is 0.106 e. The number of rotatable bonds is 6. The number of carbonyl (C=O) groups is 1. The van der Waals surface area contributed by atoms with E-state index < -0.39 is 5.97 Å². The number of carboxylic acid groups (broad SMARTS) is 1. The highest BCUT2D eigenvalue weighted by molar-refractivity contribution is 5.84. The molecule has 0 spiro atoms. The molecule has 0 saturated heterocycles. The van der Waals surface area contributed by atoms with Crippen LogP contribution in [0, 0.1) is 0 Å². The van der Waals surface area contributed by atoms with Gasteiger partial charge in [0.15, 0.2) is 0 Å². The summed E-state index contributed by atoms with van der Waals surface area (Å²) in [7, 11) is 0. The van der Waals surface area contributed by atoms with Crippen LogP contribution < -0.4 is 5.11 Å². The van der Waals surface area contributed by atoms with Crippen molar-refractivity contribution in [2.24, 2.45) is 0 Å². The molecule has 0 amide bonds. The number of hydrogen-bond donors (Lipinski definition) is 0. The van der Waals surface area contributed by atoms with E-state index in [9.17, 15) is 9.90 Å². The predicted octanol–water partition coefficient (Wildman–Crippen LogP) is 0.169. The first-order valence-corrected chi connectivity index (χ1v) is 4.75. The largest absolute Gasteiger partial charge is 0.545 e. The van der Waals surface area contributed by atoms with E-state index in [4.69, 9.17) is 0 Å². The van der Waals surface area contributed by atoms with Crippen molar-refractivity contribution < 1.29 is 14.4 Å². The lowest BCUT2D eigenvalue weighted by Gasteiger charge is -2.36. The highest BCUT2D eigenvalue weighted by atomic mass is 16.4. The van der Waals surface area contributed by atoms with Crippen LogP contribution >= 0.6 is 0 Å². The van der Waals surface area contributed by atoms with Crippen molar-refractivity contribution in [3.8, 4) is 0 Å². The van der Waals surface area contributed by atoms with Gasteiger partial charge in [-0.1, -0.05) is 6.58 Å². The fourth-order valence-electron chi connectivity index (χ4n) is 1.48. The van der Waals surface area contributed by atoms with E-state index in [-0.39, 0.29) is 5.57 Å². The van der Waals surface area contributed by atoms with E-state index in [1.54, 1.807) is 0 Å². The van der Waals surface area contributed by atoms with Gasteiger partial charge in [-0.2, -0.15) is 0 Å². The van der Waals surface area contributed by atoms with Gasteiger partial charge in [-0.05, 0) is 20.8 Å². The van der Waals surface area contributed by atoms with Gasteiger partial charge in [0.05, 0.1) is 25.6 Å². The van der Waals surface area contributed by atoms with E-state index in [2.05, 4.69) is 27.4 Å². The van der Waals surface area contributed by atoms with E-state index in [1.165, 1.54) is 0 Å². The number of aliphatic carboxylic acids is 1. The van der Waals surface area contributed by atoms with Crippen molar-refractivity contribution in [3.63, 3.8) is 0 Å². The van der Waals surface area contributed by atoms with Crippen molar-refractivity contribution in [2.75, 3.05) is 26.2 Å². The fraction of sp³-hybridized carbons (Fsp3) is 0.700. The molecule has 76 valence electrons. The van der Waals surface area contributed by atoms with Crippen LogP contribution in [0.2, 0.25) is 0 Å². The van der Waals surface area contributed by atoms with Gasteiger partial charge in [-0.15, -0.1) is 0 Å². The zero-order chi connectivity index (χ0) is 10.5. The van der Waals surface area contributed by atoms with Crippen LogP contribution in [0.4, 0.5) is 0 Å². The van der Waals surface area contributed by atoms with E-state index in [0.717, 1.165) is 24.1 Å². The summed E-state index contributed by atoms with van der Waals surface area (Å²) in [6, 6.07) is 0. The van der Waals surface area contributed by atoms with Gasteiger partial charge in [0.25, 0.3) is 0 Å². The molecule has 0 unspecified atom stereocenters. The minimum Gasteiger partial charge on any atom is -0.545 e. The number of quaternary nitrogens is 1. The molecule has 0 rings (SSSR count). The van der Waals surface area contributed by atoms with Crippen molar-refractivity contribution in [2.45, 2.75) is 20.8 Å². The molecule has 13 heavy (non-hydrogen) atoms. The Kier molecular flexibility index (Phi) is 4.70. The number of likely N-dealkylation sites (N-methyl/N-ethyl adjacent to an activating group) is 1. The molecule has 0 aliphatic carbocycles. The van der Waals surface area contributed by atoms with Crippen LogP contribution in [0.1, 0.15) is 20.8 Å². The quantitative estimate of drug-likeness (QED) is 0.437. The second-order valence-corrected chi connectivity index (χ2v) is 3.34. The monoisotopic (exact) mass is 185 g/mol. The first kappa shape index (κ1) is 12.2. The Morgan fingerprint density at radius 2 is 1.62 bits per heavy atom. The highest BCUT2D eigenvalue weighted by Crippen LogP contribution is 2.09. The molecule has 0 aromatic heterocycles. The molecule has 0 bridgehead atoms. The minimum atomic E-state index is -1.13. The zero-order valence-electron chi connectivity index (χ0n) is 8.80. The standard InChI is InChI=1S/C10H19NO2/c1-5-11(6-2,7-3)8-9(4)10(12)13/h4-8H2,1-3H3. The van der Waals surface area contributed by atoms with Crippen molar-refractivity contribution in [1.29, 1.82) is 0 Å². The van der Waals surface area contributed by atoms with Crippen LogP contribution in [0.5, 0.6) is 0 Å². The Morgan fingerprint density at radius 3 is 1.85 bits per heavy atom. The molecule has 0 fully saturated rings. The zero-order valence-corrected chi connectivity index (χ0v) is 8.80. The van der Waals surface area contributed by atoms with Crippen LogP contribution in [0.25, 0.3) is 0 Å². The minimum absolute atomic E-state index is 0.200. The van der Waals surface area contributed by atoms with Crippen molar-refractivity contribution in [3.05, 3.63) is 12.2 Å². The van der Waals surface area contributed by atoms with Gasteiger partial charge >= 0.3 is 0 Å². The van der Waals surface area contributed by atoms with Crippen molar-refractivity contribution >= 4 is 5.97 Å². The summed E-state index contributed by atoms with van der Waals surface area (Å²) in [4.78, 5) is 10.5. The average Bonchev–Trinajstić information content (AvgIpc) is 2.14. The maximum atomic E-state index is 10.5. The molecule has 0 heterocycles.